The summed E-state index contributed by atoms with van der Waals surface area (Å²) in [6.07, 6.45) is 6.31. The van der Waals surface area contributed by atoms with Gasteiger partial charge in [0.1, 0.15) is 0 Å². The molecule has 150 valence electrons. The highest BCUT2D eigenvalue weighted by Gasteiger charge is 2.38. The van der Waals surface area contributed by atoms with E-state index in [4.69, 9.17) is 4.74 Å². The Morgan fingerprint density at radius 3 is 2.67 bits per heavy atom. The lowest BCUT2D eigenvalue weighted by atomic mass is 10.1. The van der Waals surface area contributed by atoms with E-state index in [1.54, 1.807) is 14.7 Å². The van der Waals surface area contributed by atoms with E-state index in [1.165, 1.54) is 4.68 Å². The third-order valence-corrected chi connectivity index (χ3v) is 7.89. The van der Waals surface area contributed by atoms with Crippen LogP contribution in [0.4, 0.5) is 0 Å². The van der Waals surface area contributed by atoms with Crippen LogP contribution >= 0.6 is 0 Å². The first kappa shape index (κ1) is 19.0. The SMILES string of the molecule is O=c1cc2c(nn1CC1CCCN1S(=O)(=O)N1CCCCCC1)CCOC2. The van der Waals surface area contributed by atoms with Gasteiger partial charge in [-0.25, -0.2) is 4.68 Å². The molecule has 2 saturated heterocycles. The molecule has 1 aromatic heterocycles. The molecule has 0 saturated carbocycles. The van der Waals surface area contributed by atoms with Crippen LogP contribution in [0.15, 0.2) is 10.9 Å². The molecular weight excluding hydrogens is 368 g/mol. The lowest BCUT2D eigenvalue weighted by molar-refractivity contribution is 0.107. The molecule has 0 aliphatic carbocycles. The zero-order valence-electron chi connectivity index (χ0n) is 15.7. The van der Waals surface area contributed by atoms with Crippen LogP contribution in [0.2, 0.25) is 0 Å². The summed E-state index contributed by atoms with van der Waals surface area (Å²) in [5, 5.41) is 4.51. The second-order valence-electron chi connectivity index (χ2n) is 7.67. The summed E-state index contributed by atoms with van der Waals surface area (Å²) in [4.78, 5) is 12.4. The van der Waals surface area contributed by atoms with Gasteiger partial charge in [0, 0.05) is 43.7 Å². The van der Waals surface area contributed by atoms with Crippen molar-refractivity contribution in [2.24, 2.45) is 0 Å². The summed E-state index contributed by atoms with van der Waals surface area (Å²) in [7, 11) is -3.48. The molecular formula is C18H28N4O4S. The Balaban J connectivity index is 1.54. The first-order chi connectivity index (χ1) is 13.1. The van der Waals surface area contributed by atoms with Crippen molar-refractivity contribution in [3.63, 3.8) is 0 Å². The van der Waals surface area contributed by atoms with Crippen molar-refractivity contribution in [2.45, 2.75) is 64.1 Å². The van der Waals surface area contributed by atoms with Gasteiger partial charge in [0.15, 0.2) is 0 Å². The quantitative estimate of drug-likeness (QED) is 0.755. The van der Waals surface area contributed by atoms with E-state index >= 15 is 0 Å². The van der Waals surface area contributed by atoms with Gasteiger partial charge in [-0.3, -0.25) is 4.79 Å². The predicted octanol–water partition coefficient (Wildman–Crippen LogP) is 0.901. The van der Waals surface area contributed by atoms with Gasteiger partial charge in [-0.05, 0) is 25.7 Å². The van der Waals surface area contributed by atoms with E-state index in [2.05, 4.69) is 5.10 Å². The van der Waals surface area contributed by atoms with Crippen LogP contribution in [0, 0.1) is 0 Å². The third kappa shape index (κ3) is 3.96. The molecule has 0 aromatic carbocycles. The largest absolute Gasteiger partial charge is 0.376 e. The van der Waals surface area contributed by atoms with E-state index in [0.717, 1.165) is 49.8 Å². The van der Waals surface area contributed by atoms with E-state index in [1.807, 2.05) is 0 Å². The minimum Gasteiger partial charge on any atom is -0.376 e. The molecule has 0 radical (unpaired) electrons. The number of rotatable bonds is 4. The van der Waals surface area contributed by atoms with Crippen LogP contribution in [0.5, 0.6) is 0 Å². The summed E-state index contributed by atoms with van der Waals surface area (Å²) in [6.45, 7) is 3.08. The summed E-state index contributed by atoms with van der Waals surface area (Å²) < 4.78 is 36.4. The van der Waals surface area contributed by atoms with Crippen LogP contribution in [0.1, 0.15) is 49.8 Å². The molecule has 2 fully saturated rings. The molecule has 1 unspecified atom stereocenters. The molecule has 0 N–H and O–H groups in total. The van der Waals surface area contributed by atoms with Gasteiger partial charge < -0.3 is 4.74 Å². The van der Waals surface area contributed by atoms with E-state index in [9.17, 15) is 13.2 Å². The molecule has 0 spiro atoms. The Kier molecular flexibility index (Phi) is 5.63. The smallest absolute Gasteiger partial charge is 0.282 e. The fraction of sp³-hybridized carbons (Fsp3) is 0.778. The number of nitrogens with zero attached hydrogens (tertiary/aromatic N) is 4. The topological polar surface area (TPSA) is 84.7 Å². The zero-order valence-corrected chi connectivity index (χ0v) is 16.5. The Bertz CT molecular complexity index is 830. The maximum Gasteiger partial charge on any atom is 0.282 e. The standard InChI is InChI=1S/C18H28N4O4S/c23-18-12-15-14-26-11-7-17(15)19-21(18)13-16-6-5-10-22(16)27(24,25)20-8-3-1-2-4-9-20/h12,16H,1-11,13-14H2. The summed E-state index contributed by atoms with van der Waals surface area (Å²) in [5.41, 5.74) is 1.56. The lowest BCUT2D eigenvalue weighted by Crippen LogP contribution is -2.48. The number of fused-ring (bicyclic) bond motifs is 1. The minimum absolute atomic E-state index is 0.182. The summed E-state index contributed by atoms with van der Waals surface area (Å²) >= 11 is 0. The first-order valence-electron chi connectivity index (χ1n) is 10.0. The van der Waals surface area contributed by atoms with Crippen LogP contribution in [-0.4, -0.2) is 59.1 Å². The molecule has 0 amide bonds. The van der Waals surface area contributed by atoms with Gasteiger partial charge in [-0.2, -0.15) is 22.1 Å². The van der Waals surface area contributed by atoms with Crippen molar-refractivity contribution in [1.82, 2.24) is 18.4 Å². The van der Waals surface area contributed by atoms with Crippen molar-refractivity contribution in [3.05, 3.63) is 27.7 Å². The molecule has 8 nitrogen and oxygen atoms in total. The van der Waals surface area contributed by atoms with Gasteiger partial charge in [-0.1, -0.05) is 12.8 Å². The van der Waals surface area contributed by atoms with Gasteiger partial charge in [-0.15, -0.1) is 0 Å². The summed E-state index contributed by atoms with van der Waals surface area (Å²) in [5.74, 6) is 0. The third-order valence-electron chi connectivity index (χ3n) is 5.80. The molecule has 9 heteroatoms. The van der Waals surface area contributed by atoms with Gasteiger partial charge >= 0.3 is 0 Å². The van der Waals surface area contributed by atoms with Crippen LogP contribution in [0.25, 0.3) is 0 Å². The first-order valence-corrected chi connectivity index (χ1v) is 11.4. The molecule has 4 rings (SSSR count). The molecule has 3 aliphatic heterocycles. The molecule has 1 aromatic rings. The highest BCUT2D eigenvalue weighted by molar-refractivity contribution is 7.86. The van der Waals surface area contributed by atoms with Crippen LogP contribution in [0.3, 0.4) is 0 Å². The Morgan fingerprint density at radius 2 is 1.89 bits per heavy atom. The van der Waals surface area contributed by atoms with Crippen molar-refractivity contribution in [2.75, 3.05) is 26.2 Å². The van der Waals surface area contributed by atoms with Crippen LogP contribution in [-0.2, 0) is 34.5 Å². The predicted molar refractivity (Wildman–Crippen MR) is 101 cm³/mol. The Morgan fingerprint density at radius 1 is 1.11 bits per heavy atom. The van der Waals surface area contributed by atoms with Crippen molar-refractivity contribution < 1.29 is 13.2 Å². The van der Waals surface area contributed by atoms with Crippen molar-refractivity contribution >= 4 is 10.2 Å². The van der Waals surface area contributed by atoms with Gasteiger partial charge in [0.2, 0.25) is 0 Å². The molecule has 3 aliphatic rings. The van der Waals surface area contributed by atoms with Gasteiger partial charge in [0.05, 0.1) is 25.5 Å². The zero-order chi connectivity index (χ0) is 18.9. The Hall–Kier alpha value is -1.29. The fourth-order valence-electron chi connectivity index (χ4n) is 4.30. The number of hydrogen-bond acceptors (Lipinski definition) is 5. The summed E-state index contributed by atoms with van der Waals surface area (Å²) in [6, 6.07) is 1.38. The maximum absolute atomic E-state index is 13.2. The van der Waals surface area contributed by atoms with Crippen LogP contribution < -0.4 is 5.56 Å². The molecule has 0 bridgehead atoms. The second-order valence-corrected chi connectivity index (χ2v) is 9.55. The Labute approximate surface area is 160 Å². The highest BCUT2D eigenvalue weighted by Crippen LogP contribution is 2.26. The maximum atomic E-state index is 13.2. The second kappa shape index (κ2) is 7.98. The molecule has 27 heavy (non-hydrogen) atoms. The highest BCUT2D eigenvalue weighted by atomic mass is 32.2. The number of ether oxygens (including phenoxy) is 1. The average Bonchev–Trinajstić information content (AvgIpc) is 2.95. The van der Waals surface area contributed by atoms with Gasteiger partial charge in [0.25, 0.3) is 15.8 Å². The van der Waals surface area contributed by atoms with E-state index in [0.29, 0.717) is 45.8 Å². The van der Waals surface area contributed by atoms with Crippen molar-refractivity contribution in [3.8, 4) is 0 Å². The molecule has 4 heterocycles. The minimum atomic E-state index is -3.48. The van der Waals surface area contributed by atoms with E-state index < -0.39 is 10.2 Å². The average molecular weight is 397 g/mol. The lowest BCUT2D eigenvalue weighted by Gasteiger charge is -2.30. The normalized spacial score (nSPS) is 25.3. The fourth-order valence-corrected chi connectivity index (χ4v) is 6.22. The monoisotopic (exact) mass is 396 g/mol. The van der Waals surface area contributed by atoms with E-state index in [-0.39, 0.29) is 11.6 Å². The molecule has 1 atom stereocenters. The number of aromatic nitrogens is 2. The van der Waals surface area contributed by atoms with Crippen molar-refractivity contribution in [1.29, 1.82) is 0 Å². The number of hydrogen-bond donors (Lipinski definition) is 0.